The van der Waals surface area contributed by atoms with Gasteiger partial charge in [-0.1, -0.05) is 12.8 Å². The van der Waals surface area contributed by atoms with E-state index in [1.54, 1.807) is 0 Å². The Bertz CT molecular complexity index is 245. The lowest BCUT2D eigenvalue weighted by molar-refractivity contribution is 0.499. The number of thioether (sulfide) groups is 1. The predicted octanol–water partition coefficient (Wildman–Crippen LogP) is 1.48. The summed E-state index contributed by atoms with van der Waals surface area (Å²) in [6.07, 6.45) is 7.76. The molecular weight excluding hydrogens is 232 g/mol. The van der Waals surface area contributed by atoms with Crippen molar-refractivity contribution in [1.29, 1.82) is 0 Å². The molecular formula is C12H24N4S. The first-order valence-corrected chi connectivity index (χ1v) is 7.89. The molecule has 0 aromatic rings. The number of nitrogens with two attached hydrogens (primary N) is 1. The molecule has 17 heavy (non-hydrogen) atoms. The summed E-state index contributed by atoms with van der Waals surface area (Å²) in [5.41, 5.74) is 2.70. The Morgan fingerprint density at radius 3 is 2.53 bits per heavy atom. The Labute approximate surface area is 108 Å². The Hall–Kier alpha value is -0.420. The smallest absolute Gasteiger partial charge is 0.205 e. The monoisotopic (exact) mass is 256 g/mol. The molecule has 0 aromatic heterocycles. The molecule has 0 radical (unpaired) electrons. The molecule has 98 valence electrons. The molecule has 4 nitrogen and oxygen atoms in total. The van der Waals surface area contributed by atoms with Gasteiger partial charge < -0.3 is 5.32 Å². The maximum absolute atomic E-state index is 5.52. The maximum atomic E-state index is 5.52. The molecule has 0 amide bonds. The van der Waals surface area contributed by atoms with Crippen LogP contribution in [0.3, 0.4) is 0 Å². The minimum absolute atomic E-state index is 0.576. The van der Waals surface area contributed by atoms with Gasteiger partial charge in [-0.15, -0.1) is 0 Å². The molecule has 5 heteroatoms. The normalized spacial score (nSPS) is 23.9. The van der Waals surface area contributed by atoms with Crippen LogP contribution in [0.25, 0.3) is 0 Å². The first kappa shape index (κ1) is 13.0. The molecule has 4 N–H and O–H groups in total. The van der Waals surface area contributed by atoms with Gasteiger partial charge in [-0.25, -0.2) is 5.84 Å². The lowest BCUT2D eigenvalue weighted by Crippen LogP contribution is -2.45. The van der Waals surface area contributed by atoms with E-state index >= 15 is 0 Å². The van der Waals surface area contributed by atoms with Gasteiger partial charge in [0, 0.05) is 12.6 Å². The van der Waals surface area contributed by atoms with E-state index in [0.717, 1.165) is 18.4 Å². The Morgan fingerprint density at radius 2 is 1.88 bits per heavy atom. The zero-order valence-electron chi connectivity index (χ0n) is 10.5. The average Bonchev–Trinajstić information content (AvgIpc) is 2.88. The van der Waals surface area contributed by atoms with Crippen LogP contribution in [0.5, 0.6) is 0 Å². The fourth-order valence-electron chi connectivity index (χ4n) is 2.55. The van der Waals surface area contributed by atoms with Crippen molar-refractivity contribution in [3.8, 4) is 0 Å². The molecule has 0 atom stereocenters. The molecule has 1 saturated heterocycles. The van der Waals surface area contributed by atoms with E-state index < -0.39 is 0 Å². The number of nitrogens with zero attached hydrogens (tertiary/aromatic N) is 1. The fraction of sp³-hybridized carbons (Fsp3) is 0.917. The van der Waals surface area contributed by atoms with Crippen LogP contribution in [0.1, 0.15) is 38.5 Å². The standard InChI is InChI=1S/C12H24N4S/c13-16-12(15-11-3-1-2-4-11)14-9-10-5-7-17-8-6-10/h10-11H,1-9,13H2,(H2,14,15,16). The number of hydrogen-bond donors (Lipinski definition) is 3. The van der Waals surface area contributed by atoms with Crippen LogP contribution in [0.4, 0.5) is 0 Å². The highest BCUT2D eigenvalue weighted by Crippen LogP contribution is 2.22. The summed E-state index contributed by atoms with van der Waals surface area (Å²) in [6.45, 7) is 0.916. The highest BCUT2D eigenvalue weighted by molar-refractivity contribution is 7.99. The zero-order valence-corrected chi connectivity index (χ0v) is 11.3. The third-order valence-corrected chi connectivity index (χ3v) is 4.73. The Morgan fingerprint density at radius 1 is 1.18 bits per heavy atom. The van der Waals surface area contributed by atoms with Crippen LogP contribution in [0.2, 0.25) is 0 Å². The number of rotatable bonds is 3. The lowest BCUT2D eigenvalue weighted by Gasteiger charge is -2.20. The van der Waals surface area contributed by atoms with Crippen molar-refractivity contribution in [2.75, 3.05) is 18.1 Å². The van der Waals surface area contributed by atoms with Crippen molar-refractivity contribution >= 4 is 17.7 Å². The van der Waals surface area contributed by atoms with Crippen LogP contribution in [-0.2, 0) is 0 Å². The van der Waals surface area contributed by atoms with Crippen molar-refractivity contribution in [2.45, 2.75) is 44.6 Å². The minimum Gasteiger partial charge on any atom is -0.353 e. The first-order valence-electron chi connectivity index (χ1n) is 6.74. The van der Waals surface area contributed by atoms with Gasteiger partial charge in [0.25, 0.3) is 0 Å². The Kier molecular flexibility index (Phi) is 5.45. The van der Waals surface area contributed by atoms with Crippen LogP contribution in [-0.4, -0.2) is 30.1 Å². The molecule has 0 unspecified atom stereocenters. The van der Waals surface area contributed by atoms with E-state index in [4.69, 9.17) is 5.84 Å². The van der Waals surface area contributed by atoms with Crippen molar-refractivity contribution in [2.24, 2.45) is 16.8 Å². The molecule has 1 aliphatic carbocycles. The highest BCUT2D eigenvalue weighted by Gasteiger charge is 2.17. The summed E-state index contributed by atoms with van der Waals surface area (Å²) < 4.78 is 0. The van der Waals surface area contributed by atoms with Gasteiger partial charge in [-0.05, 0) is 43.1 Å². The molecule has 0 bridgehead atoms. The largest absolute Gasteiger partial charge is 0.353 e. The lowest BCUT2D eigenvalue weighted by atomic mass is 10.0. The van der Waals surface area contributed by atoms with Crippen LogP contribution >= 0.6 is 11.8 Å². The molecule has 2 rings (SSSR count). The predicted molar refractivity (Wildman–Crippen MR) is 75.1 cm³/mol. The van der Waals surface area contributed by atoms with Gasteiger partial charge >= 0.3 is 0 Å². The van der Waals surface area contributed by atoms with E-state index in [1.807, 2.05) is 0 Å². The van der Waals surface area contributed by atoms with Crippen LogP contribution in [0.15, 0.2) is 4.99 Å². The third kappa shape index (κ3) is 4.39. The quantitative estimate of drug-likeness (QED) is 0.310. The number of nitrogens with one attached hydrogen (secondary N) is 2. The third-order valence-electron chi connectivity index (χ3n) is 3.68. The molecule has 1 aliphatic heterocycles. The second-order valence-corrected chi connectivity index (χ2v) is 6.24. The van der Waals surface area contributed by atoms with Gasteiger partial charge in [0.2, 0.25) is 5.96 Å². The van der Waals surface area contributed by atoms with Gasteiger partial charge in [0.1, 0.15) is 0 Å². The first-order chi connectivity index (χ1) is 8.38. The van der Waals surface area contributed by atoms with E-state index in [9.17, 15) is 0 Å². The van der Waals surface area contributed by atoms with Gasteiger partial charge in [0.05, 0.1) is 0 Å². The Balaban J connectivity index is 1.75. The second-order valence-electron chi connectivity index (χ2n) is 5.02. The maximum Gasteiger partial charge on any atom is 0.205 e. The topological polar surface area (TPSA) is 62.4 Å². The molecule has 1 heterocycles. The minimum atomic E-state index is 0.576. The SMILES string of the molecule is NNC(=NCC1CCSCC1)NC1CCCC1. The number of guanidine groups is 1. The van der Waals surface area contributed by atoms with Gasteiger partial charge in [0.15, 0.2) is 0 Å². The van der Waals surface area contributed by atoms with Crippen molar-refractivity contribution in [3.63, 3.8) is 0 Å². The highest BCUT2D eigenvalue weighted by atomic mass is 32.2. The average molecular weight is 256 g/mol. The second kappa shape index (κ2) is 7.11. The van der Waals surface area contributed by atoms with Crippen molar-refractivity contribution in [3.05, 3.63) is 0 Å². The zero-order chi connectivity index (χ0) is 11.9. The van der Waals surface area contributed by atoms with Gasteiger partial charge in [-0.2, -0.15) is 11.8 Å². The summed E-state index contributed by atoms with van der Waals surface area (Å²) >= 11 is 2.06. The van der Waals surface area contributed by atoms with Crippen LogP contribution in [0, 0.1) is 5.92 Å². The van der Waals surface area contributed by atoms with E-state index in [2.05, 4.69) is 27.5 Å². The number of hydrogen-bond acceptors (Lipinski definition) is 3. The van der Waals surface area contributed by atoms with Crippen LogP contribution < -0.4 is 16.6 Å². The molecule has 1 saturated carbocycles. The molecule has 2 aliphatic rings. The molecule has 2 fully saturated rings. The summed E-state index contributed by atoms with van der Waals surface area (Å²) in [5, 5.41) is 3.41. The van der Waals surface area contributed by atoms with E-state index in [1.165, 1.54) is 50.0 Å². The summed E-state index contributed by atoms with van der Waals surface area (Å²) in [6, 6.07) is 0.576. The number of aliphatic imine (C=N–C) groups is 1. The summed E-state index contributed by atoms with van der Waals surface area (Å²) in [4.78, 5) is 4.59. The summed E-state index contributed by atoms with van der Waals surface area (Å²) in [7, 11) is 0. The fourth-order valence-corrected chi connectivity index (χ4v) is 3.75. The summed E-state index contributed by atoms with van der Waals surface area (Å²) in [5.74, 6) is 9.65. The number of hydrazine groups is 1. The van der Waals surface area contributed by atoms with E-state index in [-0.39, 0.29) is 0 Å². The van der Waals surface area contributed by atoms with Crippen molar-refractivity contribution in [1.82, 2.24) is 10.7 Å². The van der Waals surface area contributed by atoms with Crippen molar-refractivity contribution < 1.29 is 0 Å². The molecule has 0 aromatic carbocycles. The van der Waals surface area contributed by atoms with E-state index in [0.29, 0.717) is 6.04 Å². The van der Waals surface area contributed by atoms with Gasteiger partial charge in [-0.3, -0.25) is 10.4 Å². The molecule has 0 spiro atoms.